The van der Waals surface area contributed by atoms with Gasteiger partial charge in [-0.25, -0.2) is 8.42 Å². The predicted molar refractivity (Wildman–Crippen MR) is 193 cm³/mol. The van der Waals surface area contributed by atoms with E-state index in [1.165, 1.54) is 17.0 Å². The third-order valence-electron chi connectivity index (χ3n) is 8.33. The molecule has 0 unspecified atom stereocenters. The number of carbonyl (C=O) groups is 2. The van der Waals surface area contributed by atoms with E-state index in [0.29, 0.717) is 22.9 Å². The van der Waals surface area contributed by atoms with Gasteiger partial charge in [0.25, 0.3) is 10.0 Å². The molecule has 0 spiro atoms. The summed E-state index contributed by atoms with van der Waals surface area (Å²) < 4.78 is 35.9. The van der Waals surface area contributed by atoms with Gasteiger partial charge in [0.1, 0.15) is 18.3 Å². The first kappa shape index (κ1) is 35.4. The van der Waals surface area contributed by atoms with Crippen molar-refractivity contribution in [2.45, 2.75) is 62.6 Å². The number of hydrogen-bond donors (Lipinski definition) is 1. The van der Waals surface area contributed by atoms with Crippen LogP contribution in [0.25, 0.3) is 0 Å². The summed E-state index contributed by atoms with van der Waals surface area (Å²) in [6.45, 7) is 1.81. The van der Waals surface area contributed by atoms with E-state index in [9.17, 15) is 18.0 Å². The Labute approximate surface area is 296 Å². The average Bonchev–Trinajstić information content (AvgIpc) is 3.59. The van der Waals surface area contributed by atoms with E-state index in [-0.39, 0.29) is 35.5 Å². The molecule has 1 N–H and O–H groups in total. The van der Waals surface area contributed by atoms with Gasteiger partial charge in [0.2, 0.25) is 11.8 Å². The maximum atomic E-state index is 14.7. The highest BCUT2D eigenvalue weighted by atomic mass is 79.9. The monoisotopic (exact) mass is 751 g/mol. The molecule has 1 saturated carbocycles. The molecule has 4 aromatic carbocycles. The number of hydrogen-bond acceptors (Lipinski definition) is 5. The van der Waals surface area contributed by atoms with Gasteiger partial charge >= 0.3 is 0 Å². The van der Waals surface area contributed by atoms with Crippen molar-refractivity contribution >= 4 is 55.1 Å². The van der Waals surface area contributed by atoms with E-state index in [4.69, 9.17) is 16.3 Å². The van der Waals surface area contributed by atoms with Crippen molar-refractivity contribution in [2.24, 2.45) is 0 Å². The number of ether oxygens (including phenoxy) is 1. The molecule has 48 heavy (non-hydrogen) atoms. The molecule has 1 aliphatic carbocycles. The number of halogens is 2. The Morgan fingerprint density at radius 1 is 0.917 bits per heavy atom. The highest BCUT2D eigenvalue weighted by Crippen LogP contribution is 2.28. The molecule has 1 fully saturated rings. The van der Waals surface area contributed by atoms with Crippen LogP contribution in [-0.2, 0) is 32.6 Å². The van der Waals surface area contributed by atoms with Gasteiger partial charge in [-0.2, -0.15) is 0 Å². The number of nitrogens with one attached hydrogen (secondary N) is 1. The molecule has 0 saturated heterocycles. The minimum atomic E-state index is -4.23. The summed E-state index contributed by atoms with van der Waals surface area (Å²) in [4.78, 5) is 30.3. The minimum absolute atomic E-state index is 0.0218. The number of rotatable bonds is 14. The van der Waals surface area contributed by atoms with Gasteiger partial charge in [-0.05, 0) is 91.6 Å². The molecule has 2 amide bonds. The number of sulfonamides is 1. The maximum Gasteiger partial charge on any atom is 0.264 e. The van der Waals surface area contributed by atoms with Crippen LogP contribution in [0, 0.1) is 0 Å². The number of amides is 2. The lowest BCUT2D eigenvalue weighted by molar-refractivity contribution is -0.140. The molecule has 11 heteroatoms. The lowest BCUT2D eigenvalue weighted by Gasteiger charge is -2.34. The summed E-state index contributed by atoms with van der Waals surface area (Å²) in [5, 5.41) is 3.68. The van der Waals surface area contributed by atoms with Crippen molar-refractivity contribution in [1.29, 1.82) is 0 Å². The van der Waals surface area contributed by atoms with E-state index in [2.05, 4.69) is 21.2 Å². The van der Waals surface area contributed by atoms with Gasteiger partial charge in [-0.3, -0.25) is 13.9 Å². The zero-order valence-corrected chi connectivity index (χ0v) is 29.9. The van der Waals surface area contributed by atoms with Gasteiger partial charge in [0.05, 0.1) is 17.2 Å². The summed E-state index contributed by atoms with van der Waals surface area (Å²) in [6, 6.07) is 28.6. The fourth-order valence-corrected chi connectivity index (χ4v) is 7.78. The predicted octanol–water partition coefficient (Wildman–Crippen LogP) is 7.40. The third kappa shape index (κ3) is 9.18. The van der Waals surface area contributed by atoms with Gasteiger partial charge < -0.3 is 15.0 Å². The van der Waals surface area contributed by atoms with Crippen molar-refractivity contribution in [1.82, 2.24) is 10.2 Å². The van der Waals surface area contributed by atoms with Crippen LogP contribution in [-0.4, -0.2) is 50.4 Å². The molecule has 0 heterocycles. The van der Waals surface area contributed by atoms with E-state index < -0.39 is 28.5 Å². The largest absolute Gasteiger partial charge is 0.494 e. The van der Waals surface area contributed by atoms with Gasteiger partial charge in [0.15, 0.2) is 0 Å². The Morgan fingerprint density at radius 2 is 1.58 bits per heavy atom. The first-order valence-electron chi connectivity index (χ1n) is 16.0. The quantitative estimate of drug-likeness (QED) is 0.145. The van der Waals surface area contributed by atoms with Crippen molar-refractivity contribution < 1.29 is 22.7 Å². The molecule has 8 nitrogen and oxygen atoms in total. The van der Waals surface area contributed by atoms with Crippen molar-refractivity contribution in [3.63, 3.8) is 0 Å². The molecule has 1 atom stereocenters. The number of benzene rings is 4. The summed E-state index contributed by atoms with van der Waals surface area (Å²) in [6.07, 6.45) is 4.06. The molecular formula is C37H39BrClN3O5S. The molecule has 0 bridgehead atoms. The lowest BCUT2D eigenvalue weighted by atomic mass is 10.0. The first-order valence-corrected chi connectivity index (χ1v) is 18.6. The topological polar surface area (TPSA) is 96.0 Å². The summed E-state index contributed by atoms with van der Waals surface area (Å²) in [5.74, 6) is -0.237. The Balaban J connectivity index is 1.56. The van der Waals surface area contributed by atoms with Gasteiger partial charge in [-0.1, -0.05) is 82.8 Å². The van der Waals surface area contributed by atoms with Crippen LogP contribution in [0.1, 0.15) is 43.7 Å². The van der Waals surface area contributed by atoms with Crippen molar-refractivity contribution in [3.8, 4) is 5.75 Å². The number of anilines is 1. The van der Waals surface area contributed by atoms with Crippen LogP contribution in [0.2, 0.25) is 5.02 Å². The van der Waals surface area contributed by atoms with Crippen LogP contribution in [0.4, 0.5) is 5.69 Å². The summed E-state index contributed by atoms with van der Waals surface area (Å²) in [5.41, 5.74) is 1.87. The second kappa shape index (κ2) is 16.5. The van der Waals surface area contributed by atoms with E-state index in [1.807, 2.05) is 43.3 Å². The highest BCUT2D eigenvalue weighted by molar-refractivity contribution is 9.10. The Morgan fingerprint density at radius 3 is 2.23 bits per heavy atom. The average molecular weight is 753 g/mol. The fraction of sp³-hybridized carbons (Fsp3) is 0.297. The van der Waals surface area contributed by atoms with E-state index >= 15 is 0 Å². The zero-order chi connectivity index (χ0) is 34.1. The Hall–Kier alpha value is -3.86. The van der Waals surface area contributed by atoms with Crippen LogP contribution >= 0.6 is 27.5 Å². The second-order valence-corrected chi connectivity index (χ2v) is 15.0. The van der Waals surface area contributed by atoms with Gasteiger partial charge in [-0.15, -0.1) is 0 Å². The molecule has 0 aliphatic heterocycles. The molecule has 5 rings (SSSR count). The standard InChI is InChI=1S/C37H39BrClN3O5S/c1-2-47-33-19-17-32(18-20-33)42(48(45,46)34-21-15-29(38)16-22-34)26-36(43)41(25-28-11-8-12-30(39)23-28)35(24-27-9-4-3-5-10-27)37(44)40-31-13-6-7-14-31/h3-5,8-12,15-23,31,35H,2,6-7,13-14,24-26H2,1H3,(H,40,44)/t35-/m0/s1. The summed E-state index contributed by atoms with van der Waals surface area (Å²) in [7, 11) is -4.23. The molecule has 252 valence electrons. The molecular weight excluding hydrogens is 714 g/mol. The lowest BCUT2D eigenvalue weighted by Crippen LogP contribution is -2.54. The fourth-order valence-electron chi connectivity index (χ4n) is 5.89. The van der Waals surface area contributed by atoms with Crippen molar-refractivity contribution in [2.75, 3.05) is 17.5 Å². The minimum Gasteiger partial charge on any atom is -0.494 e. The Kier molecular flexibility index (Phi) is 12.2. The van der Waals surface area contributed by atoms with E-state index in [1.54, 1.807) is 54.6 Å². The highest BCUT2D eigenvalue weighted by Gasteiger charge is 2.35. The van der Waals surface area contributed by atoms with E-state index in [0.717, 1.165) is 40.0 Å². The molecule has 0 radical (unpaired) electrons. The molecule has 1 aliphatic rings. The SMILES string of the molecule is CCOc1ccc(N(CC(=O)N(Cc2cccc(Cl)c2)[C@@H](Cc2ccccc2)C(=O)NC2CCCC2)S(=O)(=O)c2ccc(Br)cc2)cc1. The van der Waals surface area contributed by atoms with Crippen molar-refractivity contribution in [3.05, 3.63) is 124 Å². The number of carbonyl (C=O) groups excluding carboxylic acids is 2. The Bertz CT molecular complexity index is 1780. The van der Waals surface area contributed by atoms with Crippen LogP contribution in [0.5, 0.6) is 5.75 Å². The molecule has 0 aromatic heterocycles. The van der Waals surface area contributed by atoms with Crippen LogP contribution in [0.3, 0.4) is 0 Å². The normalized spacial score (nSPS) is 13.9. The smallest absolute Gasteiger partial charge is 0.264 e. The zero-order valence-electron chi connectivity index (χ0n) is 26.7. The third-order valence-corrected chi connectivity index (χ3v) is 10.9. The molecule has 4 aromatic rings. The first-order chi connectivity index (χ1) is 23.1. The number of nitrogens with zero attached hydrogens (tertiary/aromatic N) is 2. The van der Waals surface area contributed by atoms with Crippen LogP contribution in [0.15, 0.2) is 112 Å². The van der Waals surface area contributed by atoms with Crippen LogP contribution < -0.4 is 14.4 Å². The second-order valence-electron chi connectivity index (χ2n) is 11.7. The van der Waals surface area contributed by atoms with Gasteiger partial charge in [0, 0.05) is 28.5 Å². The summed E-state index contributed by atoms with van der Waals surface area (Å²) >= 11 is 9.72. The maximum absolute atomic E-state index is 14.7.